The first-order valence-electron chi connectivity index (χ1n) is 10.4. The molecule has 7 heteroatoms. The summed E-state index contributed by atoms with van der Waals surface area (Å²) in [6, 6.07) is 15.8. The largest absolute Gasteiger partial charge is 0.356 e. The summed E-state index contributed by atoms with van der Waals surface area (Å²) in [5, 5.41) is 3.02. The predicted molar refractivity (Wildman–Crippen MR) is 124 cm³/mol. The summed E-state index contributed by atoms with van der Waals surface area (Å²) in [6.07, 6.45) is 2.98. The van der Waals surface area contributed by atoms with Gasteiger partial charge in [-0.3, -0.25) is 4.79 Å². The molecule has 1 N–H and O–H groups in total. The molecule has 1 heterocycles. The van der Waals surface area contributed by atoms with Crippen molar-refractivity contribution in [1.29, 1.82) is 0 Å². The molecule has 0 aromatic heterocycles. The van der Waals surface area contributed by atoms with E-state index in [0.717, 1.165) is 22.9 Å². The monoisotopic (exact) mass is 492 g/mol. The quantitative estimate of drug-likeness (QED) is 0.565. The summed E-state index contributed by atoms with van der Waals surface area (Å²) in [4.78, 5) is 12.4. The molecule has 1 aliphatic heterocycles. The number of nitrogens with zero attached hydrogens (tertiary/aromatic N) is 1. The summed E-state index contributed by atoms with van der Waals surface area (Å²) >= 11 is 3.36. The Kier molecular flexibility index (Phi) is 8.08. The lowest BCUT2D eigenvalue weighted by Gasteiger charge is -2.30. The van der Waals surface area contributed by atoms with Gasteiger partial charge in [0, 0.05) is 30.0 Å². The van der Waals surface area contributed by atoms with Crippen molar-refractivity contribution in [2.24, 2.45) is 5.92 Å². The first-order chi connectivity index (χ1) is 14.3. The van der Waals surface area contributed by atoms with E-state index in [1.165, 1.54) is 15.4 Å². The second-order valence-electron chi connectivity index (χ2n) is 7.94. The maximum absolute atomic E-state index is 12.7. The van der Waals surface area contributed by atoms with E-state index in [9.17, 15) is 13.2 Å². The van der Waals surface area contributed by atoms with Gasteiger partial charge < -0.3 is 5.32 Å². The normalized spacial score (nSPS) is 15.8. The third-order valence-electron chi connectivity index (χ3n) is 5.54. The van der Waals surface area contributed by atoms with Crippen LogP contribution in [0, 0.1) is 12.8 Å². The van der Waals surface area contributed by atoms with Crippen molar-refractivity contribution in [1.82, 2.24) is 9.62 Å². The van der Waals surface area contributed by atoms with Crippen molar-refractivity contribution in [3.05, 3.63) is 69.7 Å². The Morgan fingerprint density at radius 3 is 2.27 bits per heavy atom. The van der Waals surface area contributed by atoms with Crippen LogP contribution in [0.2, 0.25) is 0 Å². The molecule has 0 spiro atoms. The molecule has 5 nitrogen and oxygen atoms in total. The van der Waals surface area contributed by atoms with Gasteiger partial charge in [0.2, 0.25) is 15.9 Å². The van der Waals surface area contributed by atoms with Crippen molar-refractivity contribution < 1.29 is 13.2 Å². The van der Waals surface area contributed by atoms with E-state index in [4.69, 9.17) is 0 Å². The highest BCUT2D eigenvalue weighted by Crippen LogP contribution is 2.22. The number of carbonyl (C=O) groups is 1. The predicted octanol–water partition coefficient (Wildman–Crippen LogP) is 4.05. The average molecular weight is 493 g/mol. The smallest absolute Gasteiger partial charge is 0.223 e. The van der Waals surface area contributed by atoms with E-state index >= 15 is 0 Å². The van der Waals surface area contributed by atoms with Crippen LogP contribution in [0.3, 0.4) is 0 Å². The molecule has 0 saturated carbocycles. The minimum atomic E-state index is -3.37. The number of amides is 1. The second kappa shape index (κ2) is 10.6. The van der Waals surface area contributed by atoms with Crippen LogP contribution in [0.1, 0.15) is 36.0 Å². The van der Waals surface area contributed by atoms with Crippen LogP contribution in [0.15, 0.2) is 53.0 Å². The number of carbonyl (C=O) groups excluding carboxylic acids is 1. The van der Waals surface area contributed by atoms with Crippen LogP contribution in [0.4, 0.5) is 0 Å². The van der Waals surface area contributed by atoms with Gasteiger partial charge in [-0.05, 0) is 55.9 Å². The third-order valence-corrected chi connectivity index (χ3v) is 7.92. The van der Waals surface area contributed by atoms with Gasteiger partial charge in [0.05, 0.1) is 5.75 Å². The highest BCUT2D eigenvalue weighted by molar-refractivity contribution is 9.10. The summed E-state index contributed by atoms with van der Waals surface area (Å²) < 4.78 is 27.8. The molecule has 1 fully saturated rings. The fraction of sp³-hybridized carbons (Fsp3) is 0.435. The summed E-state index contributed by atoms with van der Waals surface area (Å²) in [5.41, 5.74) is 3.29. The number of benzene rings is 2. The van der Waals surface area contributed by atoms with Crippen LogP contribution < -0.4 is 5.32 Å². The molecule has 0 aliphatic carbocycles. The average Bonchev–Trinajstić information content (AvgIpc) is 2.74. The Bertz CT molecular complexity index is 935. The van der Waals surface area contributed by atoms with E-state index < -0.39 is 10.0 Å². The standard InChI is InChI=1S/C23H29BrN2O3S/c1-18-4-6-19(7-5-18)3-2-14-25-23(27)21-12-15-26(16-13-21)30(28,29)17-20-8-10-22(24)11-9-20/h4-11,21H,2-3,12-17H2,1H3,(H,25,27). The van der Waals surface area contributed by atoms with E-state index in [-0.39, 0.29) is 17.6 Å². The fourth-order valence-electron chi connectivity index (χ4n) is 3.68. The zero-order chi connectivity index (χ0) is 21.6. The fourth-order valence-corrected chi connectivity index (χ4v) is 5.51. The number of hydrogen-bond acceptors (Lipinski definition) is 3. The summed E-state index contributed by atoms with van der Waals surface area (Å²) in [5.74, 6) is -0.0664. The lowest BCUT2D eigenvalue weighted by Crippen LogP contribution is -2.43. The zero-order valence-electron chi connectivity index (χ0n) is 17.3. The van der Waals surface area contributed by atoms with Crippen LogP contribution in [0.25, 0.3) is 0 Å². The minimum absolute atomic E-state index is 0.00382. The number of aryl methyl sites for hydroxylation is 2. The van der Waals surface area contributed by atoms with E-state index in [0.29, 0.717) is 32.5 Å². The first kappa shape index (κ1) is 23.0. The van der Waals surface area contributed by atoms with E-state index in [2.05, 4.69) is 52.4 Å². The maximum Gasteiger partial charge on any atom is 0.223 e. The molecular formula is C23H29BrN2O3S. The lowest BCUT2D eigenvalue weighted by molar-refractivity contribution is -0.126. The number of piperidine rings is 1. The Balaban J connectivity index is 1.40. The molecule has 0 bridgehead atoms. The molecule has 2 aromatic rings. The van der Waals surface area contributed by atoms with Crippen molar-refractivity contribution >= 4 is 31.9 Å². The molecule has 3 rings (SSSR count). The van der Waals surface area contributed by atoms with Gasteiger partial charge >= 0.3 is 0 Å². The zero-order valence-corrected chi connectivity index (χ0v) is 19.7. The van der Waals surface area contributed by atoms with Crippen molar-refractivity contribution in [3.63, 3.8) is 0 Å². The molecular weight excluding hydrogens is 464 g/mol. The Morgan fingerprint density at radius 1 is 1.03 bits per heavy atom. The number of halogens is 1. The topological polar surface area (TPSA) is 66.5 Å². The molecule has 1 amide bonds. The highest BCUT2D eigenvalue weighted by Gasteiger charge is 2.31. The van der Waals surface area contributed by atoms with Crippen LogP contribution >= 0.6 is 15.9 Å². The van der Waals surface area contributed by atoms with Gasteiger partial charge in [-0.15, -0.1) is 0 Å². The van der Waals surface area contributed by atoms with E-state index in [1.807, 2.05) is 24.3 Å². The minimum Gasteiger partial charge on any atom is -0.356 e. The highest BCUT2D eigenvalue weighted by atomic mass is 79.9. The molecule has 0 radical (unpaired) electrons. The van der Waals surface area contributed by atoms with Gasteiger partial charge in [-0.2, -0.15) is 0 Å². The SMILES string of the molecule is Cc1ccc(CCCNC(=O)C2CCN(S(=O)(=O)Cc3ccc(Br)cc3)CC2)cc1. The van der Waals surface area contributed by atoms with Crippen LogP contribution in [-0.2, 0) is 27.0 Å². The van der Waals surface area contributed by atoms with Crippen molar-refractivity contribution in [2.75, 3.05) is 19.6 Å². The van der Waals surface area contributed by atoms with Gasteiger partial charge in [-0.1, -0.05) is 57.9 Å². The molecule has 30 heavy (non-hydrogen) atoms. The molecule has 0 unspecified atom stereocenters. The summed E-state index contributed by atoms with van der Waals surface area (Å²) in [7, 11) is -3.37. The Morgan fingerprint density at radius 2 is 1.63 bits per heavy atom. The van der Waals surface area contributed by atoms with Gasteiger partial charge in [-0.25, -0.2) is 12.7 Å². The molecule has 2 aromatic carbocycles. The molecule has 0 atom stereocenters. The summed E-state index contributed by atoms with van der Waals surface area (Å²) in [6.45, 7) is 3.52. The number of hydrogen-bond donors (Lipinski definition) is 1. The second-order valence-corrected chi connectivity index (χ2v) is 10.8. The number of nitrogens with one attached hydrogen (secondary N) is 1. The van der Waals surface area contributed by atoms with Crippen molar-refractivity contribution in [3.8, 4) is 0 Å². The molecule has 1 saturated heterocycles. The molecule has 1 aliphatic rings. The number of sulfonamides is 1. The lowest BCUT2D eigenvalue weighted by atomic mass is 9.97. The van der Waals surface area contributed by atoms with E-state index in [1.54, 1.807) is 0 Å². The van der Waals surface area contributed by atoms with Crippen LogP contribution in [-0.4, -0.2) is 38.3 Å². The maximum atomic E-state index is 12.7. The van der Waals surface area contributed by atoms with Gasteiger partial charge in [0.25, 0.3) is 0 Å². The number of rotatable bonds is 8. The Hall–Kier alpha value is -1.70. The third kappa shape index (κ3) is 6.65. The van der Waals surface area contributed by atoms with Crippen LogP contribution in [0.5, 0.6) is 0 Å². The van der Waals surface area contributed by atoms with Crippen molar-refractivity contribution in [2.45, 2.75) is 38.4 Å². The molecule has 162 valence electrons. The Labute approximate surface area is 188 Å². The van der Waals surface area contributed by atoms with Gasteiger partial charge in [0.1, 0.15) is 0 Å². The van der Waals surface area contributed by atoms with Gasteiger partial charge in [0.15, 0.2) is 0 Å². The first-order valence-corrected chi connectivity index (χ1v) is 12.8.